The summed E-state index contributed by atoms with van der Waals surface area (Å²) in [7, 11) is 0. The summed E-state index contributed by atoms with van der Waals surface area (Å²) in [6, 6.07) is 4.16. The van der Waals surface area contributed by atoms with Crippen LogP contribution in [0.2, 0.25) is 0 Å². The van der Waals surface area contributed by atoms with Crippen LogP contribution in [0.1, 0.15) is 24.4 Å². The first-order valence-corrected chi connectivity index (χ1v) is 6.17. The third-order valence-corrected chi connectivity index (χ3v) is 3.27. The lowest BCUT2D eigenvalue weighted by Crippen LogP contribution is -2.49. The second kappa shape index (κ2) is 5.32. The summed E-state index contributed by atoms with van der Waals surface area (Å²) >= 11 is 0. The van der Waals surface area contributed by atoms with Crippen molar-refractivity contribution < 1.29 is 23.1 Å². The quantitative estimate of drug-likeness (QED) is 0.794. The second-order valence-corrected chi connectivity index (χ2v) is 4.92. The minimum atomic E-state index is -4.59. The number of urea groups is 1. The number of hydrogen-bond donors (Lipinski definition) is 3. The second-order valence-electron chi connectivity index (χ2n) is 4.92. The smallest absolute Gasteiger partial charge is 0.394 e. The number of halogens is 3. The van der Waals surface area contributed by atoms with E-state index in [1.165, 1.54) is 24.3 Å². The van der Waals surface area contributed by atoms with Gasteiger partial charge in [0.25, 0.3) is 0 Å². The Labute approximate surface area is 114 Å². The third kappa shape index (κ3) is 3.41. The number of nitrogens with one attached hydrogen (secondary N) is 2. The summed E-state index contributed by atoms with van der Waals surface area (Å²) in [5, 5.41) is 13.4. The standard InChI is InChI=1S/C13H15F3N2O2/c14-13(15,16)10(9-4-2-1-3-5-9)17-11(20)18-12(8-19)6-7-12/h1-5,10,19H,6-8H2,(H2,17,18,20)/t10-/m0/s1. The van der Waals surface area contributed by atoms with Crippen molar-refractivity contribution in [1.82, 2.24) is 10.6 Å². The van der Waals surface area contributed by atoms with Crippen LogP contribution in [0, 0.1) is 0 Å². The topological polar surface area (TPSA) is 61.4 Å². The highest BCUT2D eigenvalue weighted by molar-refractivity contribution is 5.76. The number of aliphatic hydroxyl groups excluding tert-OH is 1. The minimum absolute atomic E-state index is 0.0380. The molecule has 1 aliphatic carbocycles. The van der Waals surface area contributed by atoms with Crippen molar-refractivity contribution in [2.45, 2.75) is 30.6 Å². The van der Waals surface area contributed by atoms with Crippen LogP contribution < -0.4 is 10.6 Å². The molecule has 1 aliphatic rings. The zero-order chi connectivity index (χ0) is 14.8. The number of amides is 2. The molecular formula is C13H15F3N2O2. The molecule has 0 radical (unpaired) electrons. The molecule has 0 unspecified atom stereocenters. The molecule has 0 spiro atoms. The van der Waals surface area contributed by atoms with Crippen LogP contribution in [0.15, 0.2) is 30.3 Å². The maximum Gasteiger partial charge on any atom is 0.412 e. The molecule has 0 bridgehead atoms. The van der Waals surface area contributed by atoms with E-state index in [9.17, 15) is 18.0 Å². The number of carbonyl (C=O) groups is 1. The molecule has 1 aromatic rings. The van der Waals surface area contributed by atoms with E-state index in [1.54, 1.807) is 6.07 Å². The predicted molar refractivity (Wildman–Crippen MR) is 66.0 cm³/mol. The lowest BCUT2D eigenvalue weighted by molar-refractivity contribution is -0.155. The van der Waals surface area contributed by atoms with Gasteiger partial charge in [-0.25, -0.2) is 4.79 Å². The number of aliphatic hydroxyl groups is 1. The van der Waals surface area contributed by atoms with Crippen molar-refractivity contribution in [3.8, 4) is 0 Å². The van der Waals surface area contributed by atoms with Gasteiger partial charge in [-0.2, -0.15) is 13.2 Å². The fourth-order valence-electron chi connectivity index (χ4n) is 1.88. The Morgan fingerprint density at radius 3 is 2.35 bits per heavy atom. The van der Waals surface area contributed by atoms with Crippen LogP contribution in [0.5, 0.6) is 0 Å². The molecule has 3 N–H and O–H groups in total. The summed E-state index contributed by atoms with van der Waals surface area (Å²) in [4.78, 5) is 11.7. The van der Waals surface area contributed by atoms with Crippen molar-refractivity contribution in [2.75, 3.05) is 6.61 Å². The van der Waals surface area contributed by atoms with Crippen molar-refractivity contribution in [1.29, 1.82) is 0 Å². The first-order valence-electron chi connectivity index (χ1n) is 6.17. The zero-order valence-electron chi connectivity index (χ0n) is 10.6. The Balaban J connectivity index is 2.07. The SMILES string of the molecule is O=C(N[C@@H](c1ccccc1)C(F)(F)F)NC1(CO)CC1. The van der Waals surface area contributed by atoms with E-state index in [1.807, 2.05) is 5.32 Å². The summed E-state index contributed by atoms with van der Waals surface area (Å²) in [6.45, 7) is -0.275. The average molecular weight is 288 g/mol. The molecule has 1 saturated carbocycles. The van der Waals surface area contributed by atoms with Gasteiger partial charge in [0.1, 0.15) is 0 Å². The number of alkyl halides is 3. The highest BCUT2D eigenvalue weighted by atomic mass is 19.4. The molecule has 20 heavy (non-hydrogen) atoms. The van der Waals surface area contributed by atoms with E-state index in [0.29, 0.717) is 12.8 Å². The number of benzene rings is 1. The van der Waals surface area contributed by atoms with E-state index in [-0.39, 0.29) is 12.2 Å². The van der Waals surface area contributed by atoms with Crippen LogP contribution in [-0.4, -0.2) is 29.5 Å². The van der Waals surface area contributed by atoms with E-state index in [4.69, 9.17) is 5.11 Å². The summed E-state index contributed by atoms with van der Waals surface area (Å²) < 4.78 is 39.0. The molecular weight excluding hydrogens is 273 g/mol. The van der Waals surface area contributed by atoms with Crippen molar-refractivity contribution in [3.63, 3.8) is 0 Å². The van der Waals surface area contributed by atoms with Gasteiger partial charge >= 0.3 is 12.2 Å². The lowest BCUT2D eigenvalue weighted by Gasteiger charge is -2.24. The Bertz CT molecular complexity index is 472. The molecule has 1 aromatic carbocycles. The summed E-state index contributed by atoms with van der Waals surface area (Å²) in [6.07, 6.45) is -3.45. The molecule has 1 fully saturated rings. The molecule has 0 aliphatic heterocycles. The Morgan fingerprint density at radius 2 is 1.90 bits per heavy atom. The first kappa shape index (κ1) is 14.6. The molecule has 2 amide bonds. The van der Waals surface area contributed by atoms with Crippen LogP contribution in [0.25, 0.3) is 0 Å². The molecule has 0 heterocycles. The number of rotatable bonds is 4. The molecule has 0 saturated heterocycles. The van der Waals surface area contributed by atoms with Gasteiger partial charge in [0.05, 0.1) is 12.1 Å². The lowest BCUT2D eigenvalue weighted by atomic mass is 10.1. The van der Waals surface area contributed by atoms with Gasteiger partial charge in [-0.05, 0) is 18.4 Å². The maximum atomic E-state index is 13.0. The molecule has 1 atom stereocenters. The predicted octanol–water partition coefficient (Wildman–Crippen LogP) is 2.11. The normalized spacial score (nSPS) is 18.2. The Morgan fingerprint density at radius 1 is 1.30 bits per heavy atom. The first-order chi connectivity index (χ1) is 9.36. The molecule has 0 aromatic heterocycles. The Hall–Kier alpha value is -1.76. The van der Waals surface area contributed by atoms with Crippen molar-refractivity contribution in [2.24, 2.45) is 0 Å². The molecule has 2 rings (SSSR count). The van der Waals surface area contributed by atoms with Gasteiger partial charge in [0, 0.05) is 0 Å². The van der Waals surface area contributed by atoms with Crippen LogP contribution in [-0.2, 0) is 0 Å². The van der Waals surface area contributed by atoms with E-state index < -0.39 is 23.8 Å². The minimum Gasteiger partial charge on any atom is -0.394 e. The van der Waals surface area contributed by atoms with E-state index in [0.717, 1.165) is 0 Å². The van der Waals surface area contributed by atoms with Gasteiger partial charge in [-0.1, -0.05) is 30.3 Å². The fourth-order valence-corrected chi connectivity index (χ4v) is 1.88. The molecule has 4 nitrogen and oxygen atoms in total. The highest BCUT2D eigenvalue weighted by Crippen LogP contribution is 2.35. The van der Waals surface area contributed by atoms with Gasteiger partial charge in [0.2, 0.25) is 0 Å². The number of hydrogen-bond acceptors (Lipinski definition) is 2. The zero-order valence-corrected chi connectivity index (χ0v) is 10.6. The van der Waals surface area contributed by atoms with Crippen LogP contribution in [0.4, 0.5) is 18.0 Å². The van der Waals surface area contributed by atoms with Crippen molar-refractivity contribution >= 4 is 6.03 Å². The van der Waals surface area contributed by atoms with Crippen LogP contribution in [0.3, 0.4) is 0 Å². The van der Waals surface area contributed by atoms with E-state index in [2.05, 4.69) is 5.32 Å². The Kier molecular flexibility index (Phi) is 3.89. The monoisotopic (exact) mass is 288 g/mol. The third-order valence-electron chi connectivity index (χ3n) is 3.27. The largest absolute Gasteiger partial charge is 0.412 e. The number of carbonyl (C=O) groups excluding carboxylic acids is 1. The summed E-state index contributed by atoms with van der Waals surface area (Å²) in [5.74, 6) is 0. The van der Waals surface area contributed by atoms with Gasteiger partial charge in [-0.3, -0.25) is 0 Å². The fraction of sp³-hybridized carbons (Fsp3) is 0.462. The van der Waals surface area contributed by atoms with Gasteiger partial charge in [-0.15, -0.1) is 0 Å². The van der Waals surface area contributed by atoms with Crippen LogP contribution >= 0.6 is 0 Å². The highest BCUT2D eigenvalue weighted by Gasteiger charge is 2.46. The van der Waals surface area contributed by atoms with Gasteiger partial charge in [0.15, 0.2) is 6.04 Å². The average Bonchev–Trinajstić information content (AvgIpc) is 3.16. The van der Waals surface area contributed by atoms with E-state index >= 15 is 0 Å². The maximum absolute atomic E-state index is 13.0. The van der Waals surface area contributed by atoms with Gasteiger partial charge < -0.3 is 15.7 Å². The summed E-state index contributed by atoms with van der Waals surface area (Å²) in [5.41, 5.74) is -0.791. The van der Waals surface area contributed by atoms with Crippen molar-refractivity contribution in [3.05, 3.63) is 35.9 Å². The molecule has 110 valence electrons. The molecule has 7 heteroatoms.